The summed E-state index contributed by atoms with van der Waals surface area (Å²) >= 11 is 1.53. The molecule has 180 valence electrons. The molecule has 2 amide bonds. The second kappa shape index (κ2) is 10.4. The molecule has 2 aromatic carbocycles. The first-order chi connectivity index (χ1) is 17.1. The highest BCUT2D eigenvalue weighted by Crippen LogP contribution is 2.28. The fourth-order valence-electron chi connectivity index (χ4n) is 4.72. The lowest BCUT2D eigenvalue weighted by Gasteiger charge is -2.32. The van der Waals surface area contributed by atoms with Crippen molar-refractivity contribution >= 4 is 34.2 Å². The van der Waals surface area contributed by atoms with Crippen LogP contribution in [0.5, 0.6) is 0 Å². The van der Waals surface area contributed by atoms with Crippen LogP contribution in [0, 0.1) is 6.92 Å². The minimum Gasteiger partial charge on any atom is -0.351 e. The Morgan fingerprint density at radius 3 is 2.63 bits per heavy atom. The predicted molar refractivity (Wildman–Crippen MR) is 137 cm³/mol. The van der Waals surface area contributed by atoms with Crippen LogP contribution in [-0.2, 0) is 22.7 Å². The minimum absolute atomic E-state index is 0.00369. The number of benzene rings is 2. The Bertz CT molecular complexity index is 1290. The summed E-state index contributed by atoms with van der Waals surface area (Å²) in [7, 11) is 0. The molecule has 5 rings (SSSR count). The first-order valence-electron chi connectivity index (χ1n) is 12.0. The van der Waals surface area contributed by atoms with Crippen molar-refractivity contribution in [2.45, 2.75) is 57.8 Å². The molecule has 0 bridgehead atoms. The highest BCUT2D eigenvalue weighted by molar-refractivity contribution is 7.08. The molecule has 7 nitrogen and oxygen atoms in total. The minimum atomic E-state index is -0.717. The van der Waals surface area contributed by atoms with Crippen molar-refractivity contribution in [3.8, 4) is 0 Å². The smallest absolute Gasteiger partial charge is 0.247 e. The summed E-state index contributed by atoms with van der Waals surface area (Å²) in [5, 5.41) is 15.5. The molecule has 1 aliphatic rings. The third-order valence-corrected chi connectivity index (χ3v) is 7.32. The van der Waals surface area contributed by atoms with Gasteiger partial charge in [0.05, 0.1) is 5.52 Å². The summed E-state index contributed by atoms with van der Waals surface area (Å²) in [6.07, 6.45) is 4.22. The molecule has 8 heteroatoms. The first kappa shape index (κ1) is 23.2. The van der Waals surface area contributed by atoms with Crippen LogP contribution in [0.3, 0.4) is 0 Å². The van der Waals surface area contributed by atoms with Gasteiger partial charge in [-0.1, -0.05) is 60.0 Å². The monoisotopic (exact) mass is 487 g/mol. The number of nitrogens with one attached hydrogen (secondary N) is 1. The Kier molecular flexibility index (Phi) is 6.90. The van der Waals surface area contributed by atoms with E-state index in [1.165, 1.54) is 11.3 Å². The highest BCUT2D eigenvalue weighted by atomic mass is 32.1. The number of amides is 2. The second-order valence-corrected chi connectivity index (χ2v) is 9.97. The second-order valence-electron chi connectivity index (χ2n) is 9.19. The van der Waals surface area contributed by atoms with Crippen LogP contribution in [-0.4, -0.2) is 37.7 Å². The SMILES string of the molecule is Cc1ccc(CN(C(=O)Cn2nnc3ccccc32)C(C(=O)NC2CCCC2)c2ccsc2)cc1. The van der Waals surface area contributed by atoms with E-state index in [0.717, 1.165) is 53.4 Å². The normalized spacial score (nSPS) is 14.8. The van der Waals surface area contributed by atoms with E-state index in [1.807, 2.05) is 72.3 Å². The molecule has 0 aliphatic heterocycles. The van der Waals surface area contributed by atoms with E-state index in [4.69, 9.17) is 0 Å². The lowest BCUT2D eigenvalue weighted by Crippen LogP contribution is -2.46. The number of carbonyl (C=O) groups excluding carboxylic acids is 2. The van der Waals surface area contributed by atoms with E-state index in [0.29, 0.717) is 6.54 Å². The van der Waals surface area contributed by atoms with E-state index in [1.54, 1.807) is 9.58 Å². The molecule has 1 atom stereocenters. The van der Waals surface area contributed by atoms with E-state index in [-0.39, 0.29) is 24.4 Å². The van der Waals surface area contributed by atoms with Crippen molar-refractivity contribution in [3.63, 3.8) is 0 Å². The van der Waals surface area contributed by atoms with Gasteiger partial charge in [0.25, 0.3) is 0 Å². The molecule has 0 spiro atoms. The number of rotatable bonds is 8. The van der Waals surface area contributed by atoms with Crippen molar-refractivity contribution in [1.82, 2.24) is 25.2 Å². The van der Waals surface area contributed by atoms with Gasteiger partial charge in [0.15, 0.2) is 0 Å². The predicted octanol–water partition coefficient (Wildman–Crippen LogP) is 4.63. The number of para-hydroxylation sites is 1. The van der Waals surface area contributed by atoms with Crippen LogP contribution >= 0.6 is 11.3 Å². The number of fused-ring (bicyclic) bond motifs is 1. The number of thiophene rings is 1. The van der Waals surface area contributed by atoms with E-state index < -0.39 is 6.04 Å². The van der Waals surface area contributed by atoms with Crippen LogP contribution < -0.4 is 5.32 Å². The summed E-state index contributed by atoms with van der Waals surface area (Å²) in [4.78, 5) is 29.2. The largest absolute Gasteiger partial charge is 0.351 e. The van der Waals surface area contributed by atoms with Gasteiger partial charge < -0.3 is 10.2 Å². The van der Waals surface area contributed by atoms with Crippen LogP contribution in [0.1, 0.15) is 48.4 Å². The maximum atomic E-state index is 13.9. The Morgan fingerprint density at radius 1 is 1.11 bits per heavy atom. The number of carbonyl (C=O) groups is 2. The zero-order valence-corrected chi connectivity index (χ0v) is 20.6. The summed E-state index contributed by atoms with van der Waals surface area (Å²) < 4.78 is 1.61. The lowest BCUT2D eigenvalue weighted by atomic mass is 10.0. The summed E-state index contributed by atoms with van der Waals surface area (Å²) in [5.41, 5.74) is 4.47. The lowest BCUT2D eigenvalue weighted by molar-refractivity contribution is -0.142. The van der Waals surface area contributed by atoms with Gasteiger partial charge in [-0.2, -0.15) is 11.3 Å². The number of hydrogen-bond acceptors (Lipinski definition) is 5. The Labute approximate surface area is 208 Å². The molecule has 4 aromatic rings. The average molecular weight is 488 g/mol. The number of nitrogens with zero attached hydrogens (tertiary/aromatic N) is 4. The zero-order valence-electron chi connectivity index (χ0n) is 19.8. The van der Waals surface area contributed by atoms with Gasteiger partial charge >= 0.3 is 0 Å². The van der Waals surface area contributed by atoms with Gasteiger partial charge in [-0.05, 0) is 59.9 Å². The standard InChI is InChI=1S/C27H29N5O2S/c1-19-10-12-20(13-11-19)16-31(25(33)17-32-24-9-5-4-8-23(24)29-30-32)26(21-14-15-35-18-21)27(34)28-22-6-2-3-7-22/h4-5,8-15,18,22,26H,2-3,6-7,16-17H2,1H3,(H,28,34). The van der Waals surface area contributed by atoms with Crippen LogP contribution in [0.25, 0.3) is 11.0 Å². The molecule has 1 saturated carbocycles. The molecule has 1 N–H and O–H groups in total. The third-order valence-electron chi connectivity index (χ3n) is 6.62. The molecule has 1 fully saturated rings. The van der Waals surface area contributed by atoms with E-state index >= 15 is 0 Å². The fraction of sp³-hybridized carbons (Fsp3) is 0.333. The Balaban J connectivity index is 1.48. The number of hydrogen-bond donors (Lipinski definition) is 1. The average Bonchev–Trinajstić information content (AvgIpc) is 3.63. The quantitative estimate of drug-likeness (QED) is 0.393. The Morgan fingerprint density at radius 2 is 1.89 bits per heavy atom. The van der Waals surface area contributed by atoms with Crippen LogP contribution in [0.4, 0.5) is 0 Å². The molecular formula is C27H29N5O2S. The van der Waals surface area contributed by atoms with Gasteiger partial charge in [-0.15, -0.1) is 5.10 Å². The summed E-state index contributed by atoms with van der Waals surface area (Å²) in [5.74, 6) is -0.307. The van der Waals surface area contributed by atoms with Gasteiger partial charge in [0.1, 0.15) is 18.1 Å². The van der Waals surface area contributed by atoms with Crippen molar-refractivity contribution in [3.05, 3.63) is 82.0 Å². The van der Waals surface area contributed by atoms with Crippen molar-refractivity contribution in [2.24, 2.45) is 0 Å². The summed E-state index contributed by atoms with van der Waals surface area (Å²) in [6, 6.07) is 17.0. The fourth-order valence-corrected chi connectivity index (χ4v) is 5.40. The van der Waals surface area contributed by atoms with Gasteiger partial charge in [-0.3, -0.25) is 9.59 Å². The maximum absolute atomic E-state index is 13.9. The third kappa shape index (κ3) is 5.27. The van der Waals surface area contributed by atoms with Crippen LogP contribution in [0.2, 0.25) is 0 Å². The van der Waals surface area contributed by atoms with Gasteiger partial charge in [0.2, 0.25) is 11.8 Å². The van der Waals surface area contributed by atoms with E-state index in [2.05, 4.69) is 15.6 Å². The Hall–Kier alpha value is -3.52. The van der Waals surface area contributed by atoms with Gasteiger partial charge in [0, 0.05) is 12.6 Å². The highest BCUT2D eigenvalue weighted by Gasteiger charge is 2.34. The molecule has 35 heavy (non-hydrogen) atoms. The maximum Gasteiger partial charge on any atom is 0.247 e. The van der Waals surface area contributed by atoms with Gasteiger partial charge in [-0.25, -0.2) is 4.68 Å². The zero-order chi connectivity index (χ0) is 24.2. The topological polar surface area (TPSA) is 80.1 Å². The molecule has 2 aromatic heterocycles. The molecule has 2 heterocycles. The number of aryl methyl sites for hydroxylation is 1. The summed E-state index contributed by atoms with van der Waals surface area (Å²) in [6.45, 7) is 2.36. The molecular weight excluding hydrogens is 458 g/mol. The number of aromatic nitrogens is 3. The van der Waals surface area contributed by atoms with Crippen molar-refractivity contribution in [2.75, 3.05) is 0 Å². The molecule has 1 unspecified atom stereocenters. The molecule has 1 aliphatic carbocycles. The van der Waals surface area contributed by atoms with Crippen molar-refractivity contribution in [1.29, 1.82) is 0 Å². The first-order valence-corrected chi connectivity index (χ1v) is 13.0. The van der Waals surface area contributed by atoms with Crippen molar-refractivity contribution < 1.29 is 9.59 Å². The molecule has 0 saturated heterocycles. The van der Waals surface area contributed by atoms with Crippen LogP contribution in [0.15, 0.2) is 65.4 Å². The van der Waals surface area contributed by atoms with E-state index in [9.17, 15) is 9.59 Å². The molecule has 0 radical (unpaired) electrons.